The Kier molecular flexibility index (Phi) is 5.58. The van der Waals surface area contributed by atoms with Crippen LogP contribution in [0.3, 0.4) is 0 Å². The summed E-state index contributed by atoms with van der Waals surface area (Å²) in [6.45, 7) is 1.00. The fraction of sp³-hybridized carbons (Fsp3) is 0.350. The fourth-order valence-corrected chi connectivity index (χ4v) is 3.01. The number of ether oxygens (including phenoxy) is 2. The Morgan fingerprint density at radius 3 is 2.04 bits per heavy atom. The molecule has 1 aliphatic rings. The average molecular weight is 379 g/mol. The molecule has 144 valence electrons. The van der Waals surface area contributed by atoms with Gasteiger partial charge in [0.2, 0.25) is 0 Å². The van der Waals surface area contributed by atoms with Crippen LogP contribution in [0.4, 0.5) is 13.2 Å². The number of hydrogen-bond donors (Lipinski definition) is 0. The van der Waals surface area contributed by atoms with Crippen molar-refractivity contribution in [3.63, 3.8) is 0 Å². The maximum Gasteiger partial charge on any atom is 0.416 e. The van der Waals surface area contributed by atoms with Gasteiger partial charge in [0.1, 0.15) is 17.6 Å². The van der Waals surface area contributed by atoms with E-state index in [0.29, 0.717) is 25.9 Å². The van der Waals surface area contributed by atoms with Crippen LogP contribution in [0, 0.1) is 0 Å². The highest BCUT2D eigenvalue weighted by atomic mass is 19.4. The van der Waals surface area contributed by atoms with Crippen LogP contribution in [0.15, 0.2) is 48.5 Å². The number of halogens is 3. The molecular formula is C20H20F3NO3. The lowest BCUT2D eigenvalue weighted by atomic mass is 10.1. The summed E-state index contributed by atoms with van der Waals surface area (Å²) in [5.74, 6) is 1.23. The van der Waals surface area contributed by atoms with Gasteiger partial charge in [-0.15, -0.1) is 0 Å². The zero-order valence-corrected chi connectivity index (χ0v) is 14.8. The number of hydrogen-bond acceptors (Lipinski definition) is 3. The van der Waals surface area contributed by atoms with Gasteiger partial charge in [-0.3, -0.25) is 4.79 Å². The monoisotopic (exact) mass is 379 g/mol. The third-order valence-electron chi connectivity index (χ3n) is 4.55. The minimum atomic E-state index is -4.40. The summed E-state index contributed by atoms with van der Waals surface area (Å²) in [4.78, 5) is 14.1. The van der Waals surface area contributed by atoms with E-state index in [-0.39, 0.29) is 17.6 Å². The van der Waals surface area contributed by atoms with E-state index in [9.17, 15) is 18.0 Å². The summed E-state index contributed by atoms with van der Waals surface area (Å²) in [7, 11) is 1.60. The zero-order valence-electron chi connectivity index (χ0n) is 14.8. The van der Waals surface area contributed by atoms with Crippen molar-refractivity contribution in [3.05, 3.63) is 59.7 Å². The summed E-state index contributed by atoms with van der Waals surface area (Å²) in [6, 6.07) is 11.6. The molecule has 0 unspecified atom stereocenters. The van der Waals surface area contributed by atoms with Crippen molar-refractivity contribution in [1.29, 1.82) is 0 Å². The molecule has 0 spiro atoms. The molecule has 7 heteroatoms. The molecule has 1 fully saturated rings. The first-order valence-electron chi connectivity index (χ1n) is 8.64. The molecule has 27 heavy (non-hydrogen) atoms. The Labute approximate surface area is 155 Å². The van der Waals surface area contributed by atoms with Crippen LogP contribution in [0.25, 0.3) is 0 Å². The van der Waals surface area contributed by atoms with Gasteiger partial charge in [-0.25, -0.2) is 0 Å². The molecular weight excluding hydrogens is 359 g/mol. The SMILES string of the molecule is COc1ccc(OC2CCN(C(=O)c3ccc(C(F)(F)F)cc3)CC2)cc1. The molecule has 1 heterocycles. The van der Waals surface area contributed by atoms with E-state index in [4.69, 9.17) is 9.47 Å². The van der Waals surface area contributed by atoms with Crippen LogP contribution >= 0.6 is 0 Å². The van der Waals surface area contributed by atoms with Gasteiger partial charge in [0.15, 0.2) is 0 Å². The predicted octanol–water partition coefficient (Wildman–Crippen LogP) is 4.40. The summed E-state index contributed by atoms with van der Waals surface area (Å²) in [6.07, 6.45) is -3.08. The standard InChI is InChI=1S/C20H20F3NO3/c1-26-16-6-8-17(9-7-16)27-18-10-12-24(13-11-18)19(25)14-2-4-15(5-3-14)20(21,22)23/h2-9,18H,10-13H2,1H3. The minimum Gasteiger partial charge on any atom is -0.497 e. The van der Waals surface area contributed by atoms with Crippen molar-refractivity contribution < 1.29 is 27.4 Å². The van der Waals surface area contributed by atoms with E-state index >= 15 is 0 Å². The normalized spacial score (nSPS) is 15.5. The molecule has 0 saturated carbocycles. The Hall–Kier alpha value is -2.70. The lowest BCUT2D eigenvalue weighted by Gasteiger charge is -2.32. The molecule has 0 N–H and O–H groups in total. The van der Waals surface area contributed by atoms with E-state index in [1.54, 1.807) is 12.0 Å². The number of amides is 1. The van der Waals surface area contributed by atoms with Gasteiger partial charge in [0.25, 0.3) is 5.91 Å². The quantitative estimate of drug-likeness (QED) is 0.791. The molecule has 0 radical (unpaired) electrons. The second kappa shape index (κ2) is 7.90. The minimum absolute atomic E-state index is 0.00458. The first-order chi connectivity index (χ1) is 12.9. The zero-order chi connectivity index (χ0) is 19.4. The molecule has 0 aliphatic carbocycles. The summed E-state index contributed by atoms with van der Waals surface area (Å²) < 4.78 is 48.9. The molecule has 1 amide bonds. The Balaban J connectivity index is 1.54. The maximum absolute atomic E-state index is 12.6. The topological polar surface area (TPSA) is 38.8 Å². The van der Waals surface area contributed by atoms with Gasteiger partial charge in [0, 0.05) is 31.5 Å². The van der Waals surface area contributed by atoms with Gasteiger partial charge in [0.05, 0.1) is 12.7 Å². The predicted molar refractivity (Wildman–Crippen MR) is 94.0 cm³/mol. The van der Waals surface area contributed by atoms with Crippen LogP contribution < -0.4 is 9.47 Å². The average Bonchev–Trinajstić information content (AvgIpc) is 2.68. The van der Waals surface area contributed by atoms with Gasteiger partial charge < -0.3 is 14.4 Å². The number of rotatable bonds is 4. The molecule has 0 bridgehead atoms. The molecule has 0 atom stereocenters. The number of nitrogens with zero attached hydrogens (tertiary/aromatic N) is 1. The van der Waals surface area contributed by atoms with Crippen LogP contribution in [-0.2, 0) is 6.18 Å². The van der Waals surface area contributed by atoms with Crippen molar-refractivity contribution in [2.45, 2.75) is 25.1 Å². The van der Waals surface area contributed by atoms with E-state index < -0.39 is 11.7 Å². The number of benzene rings is 2. The number of piperidine rings is 1. The van der Waals surface area contributed by atoms with Crippen molar-refractivity contribution in [2.75, 3.05) is 20.2 Å². The van der Waals surface area contributed by atoms with E-state index in [1.165, 1.54) is 12.1 Å². The first kappa shape index (κ1) is 19.1. The third kappa shape index (κ3) is 4.72. The second-order valence-corrected chi connectivity index (χ2v) is 6.36. The maximum atomic E-state index is 12.6. The van der Waals surface area contributed by atoms with Crippen molar-refractivity contribution in [1.82, 2.24) is 4.90 Å². The van der Waals surface area contributed by atoms with Gasteiger partial charge in [-0.05, 0) is 48.5 Å². The van der Waals surface area contributed by atoms with Crippen LogP contribution in [0.1, 0.15) is 28.8 Å². The van der Waals surface area contributed by atoms with E-state index in [1.807, 2.05) is 24.3 Å². The number of likely N-dealkylation sites (tertiary alicyclic amines) is 1. The lowest BCUT2D eigenvalue weighted by Crippen LogP contribution is -2.41. The van der Waals surface area contributed by atoms with Crippen LogP contribution in [0.2, 0.25) is 0 Å². The smallest absolute Gasteiger partial charge is 0.416 e. The largest absolute Gasteiger partial charge is 0.497 e. The molecule has 3 rings (SSSR count). The number of carbonyl (C=O) groups is 1. The molecule has 0 aromatic heterocycles. The van der Waals surface area contributed by atoms with Crippen molar-refractivity contribution in [2.24, 2.45) is 0 Å². The lowest BCUT2D eigenvalue weighted by molar-refractivity contribution is -0.137. The molecule has 1 saturated heterocycles. The van der Waals surface area contributed by atoms with Gasteiger partial charge in [-0.1, -0.05) is 0 Å². The van der Waals surface area contributed by atoms with E-state index in [0.717, 1.165) is 23.6 Å². The molecule has 1 aliphatic heterocycles. The second-order valence-electron chi connectivity index (χ2n) is 6.36. The van der Waals surface area contributed by atoms with E-state index in [2.05, 4.69) is 0 Å². The van der Waals surface area contributed by atoms with Crippen LogP contribution in [0.5, 0.6) is 11.5 Å². The summed E-state index contributed by atoms with van der Waals surface area (Å²) in [5, 5.41) is 0. The van der Waals surface area contributed by atoms with Crippen LogP contribution in [-0.4, -0.2) is 37.1 Å². The summed E-state index contributed by atoms with van der Waals surface area (Å²) >= 11 is 0. The first-order valence-corrected chi connectivity index (χ1v) is 8.64. The van der Waals surface area contributed by atoms with Crippen molar-refractivity contribution in [3.8, 4) is 11.5 Å². The van der Waals surface area contributed by atoms with Gasteiger partial charge in [-0.2, -0.15) is 13.2 Å². The Morgan fingerprint density at radius 2 is 1.52 bits per heavy atom. The Bertz CT molecular complexity index is 765. The number of carbonyl (C=O) groups excluding carboxylic acids is 1. The number of methoxy groups -OCH3 is 1. The fourth-order valence-electron chi connectivity index (χ4n) is 3.01. The third-order valence-corrected chi connectivity index (χ3v) is 4.55. The highest BCUT2D eigenvalue weighted by Gasteiger charge is 2.31. The molecule has 4 nitrogen and oxygen atoms in total. The Morgan fingerprint density at radius 1 is 0.963 bits per heavy atom. The summed E-state index contributed by atoms with van der Waals surface area (Å²) in [5.41, 5.74) is -0.497. The highest BCUT2D eigenvalue weighted by molar-refractivity contribution is 5.94. The highest BCUT2D eigenvalue weighted by Crippen LogP contribution is 2.29. The molecule has 2 aromatic rings. The van der Waals surface area contributed by atoms with Gasteiger partial charge >= 0.3 is 6.18 Å². The number of alkyl halides is 3. The van der Waals surface area contributed by atoms with Crippen molar-refractivity contribution >= 4 is 5.91 Å². The molecule has 2 aromatic carbocycles.